The molecule has 1 atom stereocenters. The highest BCUT2D eigenvalue weighted by atomic mass is 16.4. The lowest BCUT2D eigenvalue weighted by atomic mass is 10.1. The van der Waals surface area contributed by atoms with E-state index in [4.69, 9.17) is 10.8 Å². The number of carboxylic acids is 1. The van der Waals surface area contributed by atoms with Crippen LogP contribution < -0.4 is 5.73 Å². The van der Waals surface area contributed by atoms with Crippen molar-refractivity contribution >= 4 is 18.1 Å². The van der Waals surface area contributed by atoms with E-state index in [0.717, 1.165) is 4.68 Å². The van der Waals surface area contributed by atoms with Gasteiger partial charge < -0.3 is 10.8 Å². The summed E-state index contributed by atoms with van der Waals surface area (Å²) in [5.74, 6) is -1.00. The van der Waals surface area contributed by atoms with Crippen molar-refractivity contribution in [3.63, 3.8) is 0 Å². The Bertz CT molecular complexity index is 620. The lowest BCUT2D eigenvalue weighted by Crippen LogP contribution is -2.18. The van der Waals surface area contributed by atoms with Gasteiger partial charge in [-0.05, 0) is 6.92 Å². The van der Waals surface area contributed by atoms with E-state index in [1.54, 1.807) is 24.3 Å². The molecule has 1 unspecified atom stereocenters. The predicted octanol–water partition coefficient (Wildman–Crippen LogP) is 1.59. The van der Waals surface area contributed by atoms with Crippen LogP contribution in [-0.2, 0) is 4.79 Å². The van der Waals surface area contributed by atoms with E-state index in [2.05, 4.69) is 5.10 Å². The van der Waals surface area contributed by atoms with Gasteiger partial charge in [0, 0.05) is 5.56 Å². The fourth-order valence-corrected chi connectivity index (χ4v) is 1.79. The minimum Gasteiger partial charge on any atom is -0.480 e. The Labute approximate surface area is 109 Å². The van der Waals surface area contributed by atoms with Crippen LogP contribution in [0.1, 0.15) is 23.3 Å². The fourth-order valence-electron chi connectivity index (χ4n) is 1.79. The van der Waals surface area contributed by atoms with Crippen molar-refractivity contribution in [3.8, 4) is 11.3 Å². The average molecular weight is 259 g/mol. The van der Waals surface area contributed by atoms with Crippen molar-refractivity contribution in [2.45, 2.75) is 13.0 Å². The lowest BCUT2D eigenvalue weighted by molar-refractivity contribution is -0.140. The highest BCUT2D eigenvalue weighted by Crippen LogP contribution is 2.27. The molecule has 19 heavy (non-hydrogen) atoms. The standard InChI is InChI=1S/C13H13N3O3/c1-8(13(18)19)16-12(14)10(7-17)11(15-16)9-5-3-2-4-6-9/h2-8H,14H2,1H3,(H,18,19). The third-order valence-electron chi connectivity index (χ3n) is 2.87. The molecular formula is C13H13N3O3. The third-order valence-corrected chi connectivity index (χ3v) is 2.87. The second-order valence-corrected chi connectivity index (χ2v) is 4.09. The summed E-state index contributed by atoms with van der Waals surface area (Å²) < 4.78 is 1.15. The Kier molecular flexibility index (Phi) is 3.33. The van der Waals surface area contributed by atoms with E-state index >= 15 is 0 Å². The number of hydrogen-bond donors (Lipinski definition) is 2. The molecule has 0 aliphatic carbocycles. The molecule has 0 radical (unpaired) electrons. The molecule has 6 heteroatoms. The molecule has 2 rings (SSSR count). The van der Waals surface area contributed by atoms with E-state index in [1.807, 2.05) is 6.07 Å². The van der Waals surface area contributed by atoms with Crippen LogP contribution in [0.15, 0.2) is 30.3 Å². The van der Waals surface area contributed by atoms with Gasteiger partial charge in [0.2, 0.25) is 0 Å². The van der Waals surface area contributed by atoms with Crippen molar-refractivity contribution in [2.75, 3.05) is 5.73 Å². The molecule has 0 amide bonds. The van der Waals surface area contributed by atoms with Gasteiger partial charge >= 0.3 is 5.97 Å². The van der Waals surface area contributed by atoms with Crippen molar-refractivity contribution < 1.29 is 14.7 Å². The summed E-state index contributed by atoms with van der Waals surface area (Å²) in [6, 6.07) is 8.08. The van der Waals surface area contributed by atoms with Gasteiger partial charge in [-0.3, -0.25) is 4.79 Å². The van der Waals surface area contributed by atoms with Crippen molar-refractivity contribution in [3.05, 3.63) is 35.9 Å². The van der Waals surface area contributed by atoms with Gasteiger partial charge in [0.25, 0.3) is 0 Å². The lowest BCUT2D eigenvalue weighted by Gasteiger charge is -2.08. The molecule has 0 saturated heterocycles. The maximum absolute atomic E-state index is 11.1. The molecular weight excluding hydrogens is 246 g/mol. The van der Waals surface area contributed by atoms with Gasteiger partial charge in [0.15, 0.2) is 6.29 Å². The van der Waals surface area contributed by atoms with Crippen LogP contribution in [0.5, 0.6) is 0 Å². The molecule has 2 aromatic rings. The largest absolute Gasteiger partial charge is 0.480 e. The van der Waals surface area contributed by atoms with E-state index < -0.39 is 12.0 Å². The van der Waals surface area contributed by atoms with Crippen LogP contribution in [0.25, 0.3) is 11.3 Å². The zero-order valence-electron chi connectivity index (χ0n) is 10.3. The van der Waals surface area contributed by atoms with Gasteiger partial charge in [-0.25, -0.2) is 9.48 Å². The van der Waals surface area contributed by atoms with E-state index in [-0.39, 0.29) is 11.4 Å². The first-order valence-corrected chi connectivity index (χ1v) is 5.67. The molecule has 98 valence electrons. The molecule has 1 heterocycles. The summed E-state index contributed by atoms with van der Waals surface area (Å²) in [5, 5.41) is 13.2. The Morgan fingerprint density at radius 3 is 2.58 bits per heavy atom. The number of carbonyl (C=O) groups is 2. The molecule has 3 N–H and O–H groups in total. The number of anilines is 1. The quantitative estimate of drug-likeness (QED) is 0.812. The summed E-state index contributed by atoms with van der Waals surface area (Å²) in [6.45, 7) is 1.45. The number of nitrogens with zero attached hydrogens (tertiary/aromatic N) is 2. The molecule has 0 aliphatic heterocycles. The molecule has 1 aromatic heterocycles. The smallest absolute Gasteiger partial charge is 0.328 e. The maximum Gasteiger partial charge on any atom is 0.328 e. The average Bonchev–Trinajstić information content (AvgIpc) is 2.75. The van der Waals surface area contributed by atoms with Gasteiger partial charge in [-0.1, -0.05) is 30.3 Å². The van der Waals surface area contributed by atoms with Crippen LogP contribution in [0.3, 0.4) is 0 Å². The van der Waals surface area contributed by atoms with Crippen molar-refractivity contribution in [2.24, 2.45) is 0 Å². The number of aliphatic carboxylic acids is 1. The minimum absolute atomic E-state index is 0.0590. The summed E-state index contributed by atoms with van der Waals surface area (Å²) in [7, 11) is 0. The number of rotatable bonds is 4. The molecule has 1 aromatic carbocycles. The van der Waals surface area contributed by atoms with E-state index in [9.17, 15) is 9.59 Å². The minimum atomic E-state index is -1.06. The normalized spacial score (nSPS) is 12.1. The zero-order chi connectivity index (χ0) is 14.0. The van der Waals surface area contributed by atoms with Crippen LogP contribution in [-0.4, -0.2) is 27.1 Å². The monoisotopic (exact) mass is 259 g/mol. The number of benzene rings is 1. The SMILES string of the molecule is CC(C(=O)O)n1nc(-c2ccccc2)c(C=O)c1N. The number of carbonyl (C=O) groups excluding carboxylic acids is 1. The van der Waals surface area contributed by atoms with Gasteiger partial charge in [0.05, 0.1) is 5.56 Å². The number of nitrogen functional groups attached to an aromatic ring is 1. The van der Waals surface area contributed by atoms with Crippen LogP contribution in [0, 0.1) is 0 Å². The van der Waals surface area contributed by atoms with Crippen molar-refractivity contribution in [1.29, 1.82) is 0 Å². The fraction of sp³-hybridized carbons (Fsp3) is 0.154. The van der Waals surface area contributed by atoms with Gasteiger partial charge in [-0.15, -0.1) is 0 Å². The Hall–Kier alpha value is -2.63. The zero-order valence-corrected chi connectivity index (χ0v) is 10.3. The summed E-state index contributed by atoms with van der Waals surface area (Å²) in [5.41, 5.74) is 7.11. The summed E-state index contributed by atoms with van der Waals surface area (Å²) in [4.78, 5) is 22.1. The third kappa shape index (κ3) is 2.20. The number of aldehydes is 1. The number of nitrogens with two attached hydrogens (primary N) is 1. The predicted molar refractivity (Wildman–Crippen MR) is 69.8 cm³/mol. The van der Waals surface area contributed by atoms with E-state index in [1.165, 1.54) is 6.92 Å². The topological polar surface area (TPSA) is 98.2 Å². The Morgan fingerprint density at radius 1 is 1.42 bits per heavy atom. The molecule has 0 spiro atoms. The van der Waals surface area contributed by atoms with E-state index in [0.29, 0.717) is 17.5 Å². The highest BCUT2D eigenvalue weighted by Gasteiger charge is 2.23. The highest BCUT2D eigenvalue weighted by molar-refractivity contribution is 5.92. The number of hydrogen-bond acceptors (Lipinski definition) is 4. The summed E-state index contributed by atoms with van der Waals surface area (Å²) in [6.07, 6.45) is 0.593. The second-order valence-electron chi connectivity index (χ2n) is 4.09. The first-order chi connectivity index (χ1) is 9.06. The van der Waals surface area contributed by atoms with Gasteiger partial charge in [0.1, 0.15) is 17.6 Å². The van der Waals surface area contributed by atoms with Crippen LogP contribution >= 0.6 is 0 Å². The Balaban J connectivity index is 2.60. The number of aromatic nitrogens is 2. The first kappa shape index (κ1) is 12.8. The second kappa shape index (κ2) is 4.93. The molecule has 0 bridgehead atoms. The van der Waals surface area contributed by atoms with Crippen molar-refractivity contribution in [1.82, 2.24) is 9.78 Å². The molecule has 0 aliphatic rings. The number of carboxylic acid groups (broad SMARTS) is 1. The molecule has 0 saturated carbocycles. The first-order valence-electron chi connectivity index (χ1n) is 5.67. The summed E-state index contributed by atoms with van der Waals surface area (Å²) >= 11 is 0. The van der Waals surface area contributed by atoms with Crippen LogP contribution in [0.2, 0.25) is 0 Å². The molecule has 6 nitrogen and oxygen atoms in total. The van der Waals surface area contributed by atoms with Gasteiger partial charge in [-0.2, -0.15) is 5.10 Å². The van der Waals surface area contributed by atoms with Crippen LogP contribution in [0.4, 0.5) is 5.82 Å². The molecule has 0 fully saturated rings. The Morgan fingerprint density at radius 2 is 2.05 bits per heavy atom. The maximum atomic E-state index is 11.1.